The number of hydrogen-bond donors (Lipinski definition) is 0. The molecule has 0 aliphatic heterocycles. The van der Waals surface area contributed by atoms with Gasteiger partial charge in [0.25, 0.3) is 0 Å². The van der Waals surface area contributed by atoms with Crippen LogP contribution < -0.4 is 0 Å². The molecule has 4 unspecified atom stereocenters. The fourth-order valence-corrected chi connectivity index (χ4v) is 4.65. The van der Waals surface area contributed by atoms with Crippen molar-refractivity contribution in [1.29, 1.82) is 0 Å². The Morgan fingerprint density at radius 3 is 1.46 bits per heavy atom. The van der Waals surface area contributed by atoms with Crippen LogP contribution in [0, 0.1) is 5.92 Å². The van der Waals surface area contributed by atoms with E-state index in [0.717, 1.165) is 0 Å². The molecule has 1 aliphatic carbocycles. The minimum atomic E-state index is 0.582. The second-order valence-corrected chi connectivity index (χ2v) is 7.07. The molecule has 0 bridgehead atoms. The molecule has 0 amide bonds. The summed E-state index contributed by atoms with van der Waals surface area (Å²) in [4.78, 5) is 0. The largest absolute Gasteiger partial charge is 0.0622 e. The molecule has 0 heterocycles. The van der Waals surface area contributed by atoms with Gasteiger partial charge in [0.2, 0.25) is 0 Å². The van der Waals surface area contributed by atoms with E-state index in [1.54, 1.807) is 0 Å². The van der Waals surface area contributed by atoms with Crippen molar-refractivity contribution in [1.82, 2.24) is 0 Å². The molecule has 1 fully saturated rings. The molecule has 3 aromatic carbocycles. The van der Waals surface area contributed by atoms with Gasteiger partial charge in [0.05, 0.1) is 0 Å². The second kappa shape index (κ2) is 6.65. The minimum absolute atomic E-state index is 0.582. The van der Waals surface area contributed by atoms with Crippen molar-refractivity contribution in [2.75, 3.05) is 0 Å². The fraction of sp³-hybridized carbons (Fsp3) is 0.250. The van der Waals surface area contributed by atoms with E-state index in [-0.39, 0.29) is 0 Å². The molecule has 0 heteroatoms. The van der Waals surface area contributed by atoms with Crippen LogP contribution in [0.5, 0.6) is 0 Å². The maximum atomic E-state index is 2.44. The van der Waals surface area contributed by atoms with Crippen LogP contribution in [0.25, 0.3) is 0 Å². The standard InChI is InChI=1S/C24H24/c1-18-22(19-11-5-2-6-12-19)17-23(20-13-7-3-8-14-20)24(18)21-15-9-4-10-16-21/h2-16,18,22-24H,17H2,1H3. The zero-order valence-electron chi connectivity index (χ0n) is 14.2. The first-order valence-corrected chi connectivity index (χ1v) is 8.99. The molecule has 0 aromatic heterocycles. The summed E-state index contributed by atoms with van der Waals surface area (Å²) in [6.45, 7) is 2.44. The summed E-state index contributed by atoms with van der Waals surface area (Å²) in [6, 6.07) is 33.3. The average molecular weight is 312 g/mol. The topological polar surface area (TPSA) is 0 Å². The van der Waals surface area contributed by atoms with E-state index in [9.17, 15) is 0 Å². The zero-order chi connectivity index (χ0) is 16.4. The third-order valence-corrected chi connectivity index (χ3v) is 5.78. The molecule has 0 nitrogen and oxygen atoms in total. The van der Waals surface area contributed by atoms with Crippen LogP contribution in [0.3, 0.4) is 0 Å². The average Bonchev–Trinajstić information content (AvgIpc) is 3.01. The van der Waals surface area contributed by atoms with Crippen LogP contribution in [-0.4, -0.2) is 0 Å². The van der Waals surface area contributed by atoms with Gasteiger partial charge in [-0.2, -0.15) is 0 Å². The molecule has 24 heavy (non-hydrogen) atoms. The van der Waals surface area contributed by atoms with Crippen molar-refractivity contribution in [3.8, 4) is 0 Å². The van der Waals surface area contributed by atoms with Gasteiger partial charge in [0, 0.05) is 0 Å². The maximum absolute atomic E-state index is 2.44. The lowest BCUT2D eigenvalue weighted by Crippen LogP contribution is -2.12. The molecule has 4 rings (SSSR count). The van der Waals surface area contributed by atoms with Gasteiger partial charge in [-0.15, -0.1) is 0 Å². The van der Waals surface area contributed by atoms with E-state index in [1.165, 1.54) is 23.1 Å². The van der Waals surface area contributed by atoms with Gasteiger partial charge < -0.3 is 0 Å². The maximum Gasteiger partial charge on any atom is -0.00613 e. The Morgan fingerprint density at radius 2 is 0.958 bits per heavy atom. The van der Waals surface area contributed by atoms with Gasteiger partial charge >= 0.3 is 0 Å². The van der Waals surface area contributed by atoms with Gasteiger partial charge in [0.15, 0.2) is 0 Å². The predicted octanol–water partition coefficient (Wildman–Crippen LogP) is 6.38. The molecule has 4 atom stereocenters. The Hall–Kier alpha value is -2.34. The zero-order valence-corrected chi connectivity index (χ0v) is 14.2. The summed E-state index contributed by atoms with van der Waals surface area (Å²) in [7, 11) is 0. The first-order valence-electron chi connectivity index (χ1n) is 8.99. The van der Waals surface area contributed by atoms with E-state index in [4.69, 9.17) is 0 Å². The highest BCUT2D eigenvalue weighted by atomic mass is 14.5. The molecule has 3 aromatic rings. The first-order chi connectivity index (χ1) is 11.8. The van der Waals surface area contributed by atoms with Gasteiger partial charge in [0.1, 0.15) is 0 Å². The van der Waals surface area contributed by atoms with Crippen molar-refractivity contribution in [2.24, 2.45) is 5.92 Å². The van der Waals surface area contributed by atoms with Crippen molar-refractivity contribution < 1.29 is 0 Å². The molecule has 1 aliphatic rings. The molecule has 0 N–H and O–H groups in total. The van der Waals surface area contributed by atoms with Crippen LogP contribution in [0.2, 0.25) is 0 Å². The fourth-order valence-electron chi connectivity index (χ4n) is 4.65. The van der Waals surface area contributed by atoms with Crippen molar-refractivity contribution in [3.63, 3.8) is 0 Å². The van der Waals surface area contributed by atoms with Crippen LogP contribution in [0.4, 0.5) is 0 Å². The summed E-state index contributed by atoms with van der Waals surface area (Å²) in [5.41, 5.74) is 4.46. The van der Waals surface area contributed by atoms with Crippen molar-refractivity contribution in [3.05, 3.63) is 108 Å². The molecular weight excluding hydrogens is 288 g/mol. The summed E-state index contributed by atoms with van der Waals surface area (Å²) < 4.78 is 0. The SMILES string of the molecule is CC1C(c2ccccc2)CC(c2ccccc2)C1c1ccccc1. The van der Waals surface area contributed by atoms with Crippen molar-refractivity contribution >= 4 is 0 Å². The van der Waals surface area contributed by atoms with E-state index in [0.29, 0.717) is 23.7 Å². The van der Waals surface area contributed by atoms with Crippen LogP contribution in [0.1, 0.15) is 47.8 Å². The molecule has 0 saturated heterocycles. The van der Waals surface area contributed by atoms with Crippen LogP contribution in [0.15, 0.2) is 91.0 Å². The molecule has 1 saturated carbocycles. The number of hydrogen-bond acceptors (Lipinski definition) is 0. The molecular formula is C24H24. The quantitative estimate of drug-likeness (QED) is 0.526. The Balaban J connectivity index is 1.76. The lowest BCUT2D eigenvalue weighted by molar-refractivity contribution is 0.470. The van der Waals surface area contributed by atoms with E-state index in [1.807, 2.05) is 0 Å². The highest BCUT2D eigenvalue weighted by Crippen LogP contribution is 2.55. The Morgan fingerprint density at radius 1 is 0.542 bits per heavy atom. The number of rotatable bonds is 3. The van der Waals surface area contributed by atoms with E-state index >= 15 is 0 Å². The Bertz CT molecular complexity index is 761. The third kappa shape index (κ3) is 2.78. The van der Waals surface area contributed by atoms with Crippen LogP contribution in [-0.2, 0) is 0 Å². The molecule has 0 radical (unpaired) electrons. The summed E-state index contributed by atoms with van der Waals surface area (Å²) in [5, 5.41) is 0. The monoisotopic (exact) mass is 312 g/mol. The lowest BCUT2D eigenvalue weighted by atomic mass is 9.79. The first kappa shape index (κ1) is 15.2. The Labute approximate surface area is 145 Å². The molecule has 0 spiro atoms. The van der Waals surface area contributed by atoms with Gasteiger partial charge in [-0.25, -0.2) is 0 Å². The summed E-state index contributed by atoms with van der Waals surface area (Å²) >= 11 is 0. The number of benzene rings is 3. The highest BCUT2D eigenvalue weighted by molar-refractivity contribution is 5.35. The van der Waals surface area contributed by atoms with Crippen molar-refractivity contribution in [2.45, 2.75) is 31.1 Å². The summed E-state index contributed by atoms with van der Waals surface area (Å²) in [6.07, 6.45) is 1.23. The van der Waals surface area contributed by atoms with Gasteiger partial charge in [-0.05, 0) is 46.8 Å². The van der Waals surface area contributed by atoms with Gasteiger partial charge in [-0.1, -0.05) is 97.9 Å². The minimum Gasteiger partial charge on any atom is -0.0622 e. The Kier molecular flexibility index (Phi) is 4.21. The highest BCUT2D eigenvalue weighted by Gasteiger charge is 2.42. The van der Waals surface area contributed by atoms with Crippen LogP contribution >= 0.6 is 0 Å². The normalized spacial score (nSPS) is 26.4. The lowest BCUT2D eigenvalue weighted by Gasteiger charge is -2.25. The second-order valence-electron chi connectivity index (χ2n) is 7.07. The summed E-state index contributed by atoms with van der Waals surface area (Å²) in [5.74, 6) is 2.44. The third-order valence-electron chi connectivity index (χ3n) is 5.78. The van der Waals surface area contributed by atoms with Gasteiger partial charge in [-0.3, -0.25) is 0 Å². The smallest absolute Gasteiger partial charge is 0.00613 e. The van der Waals surface area contributed by atoms with E-state index < -0.39 is 0 Å². The predicted molar refractivity (Wildman–Crippen MR) is 101 cm³/mol. The van der Waals surface area contributed by atoms with E-state index in [2.05, 4.69) is 97.9 Å². The molecule has 120 valence electrons.